The fourth-order valence-corrected chi connectivity index (χ4v) is 1.79. The fourth-order valence-electron chi connectivity index (χ4n) is 1.79. The number of furan rings is 1. The van der Waals surface area contributed by atoms with Gasteiger partial charge in [0.25, 0.3) is 5.91 Å². The van der Waals surface area contributed by atoms with Gasteiger partial charge in [0.1, 0.15) is 5.76 Å². The lowest BCUT2D eigenvalue weighted by atomic mass is 10.2. The van der Waals surface area contributed by atoms with Gasteiger partial charge in [0, 0.05) is 11.8 Å². The predicted molar refractivity (Wildman–Crippen MR) is 83.4 cm³/mol. The highest BCUT2D eigenvalue weighted by molar-refractivity contribution is 5.96. The van der Waals surface area contributed by atoms with Crippen molar-refractivity contribution in [3.05, 3.63) is 60.1 Å². The number of carbonyl (C=O) groups excluding carboxylic acids is 2. The maximum Gasteiger partial charge on any atom is 0.416 e. The van der Waals surface area contributed by atoms with Gasteiger partial charge in [-0.1, -0.05) is 0 Å². The van der Waals surface area contributed by atoms with Crippen molar-refractivity contribution >= 4 is 23.6 Å². The molecule has 1 heterocycles. The average molecular weight is 353 g/mol. The second kappa shape index (κ2) is 7.69. The molecule has 5 nitrogen and oxygen atoms in total. The molecule has 1 aromatic heterocycles. The van der Waals surface area contributed by atoms with Crippen LogP contribution >= 0.6 is 0 Å². The molecule has 0 fully saturated rings. The van der Waals surface area contributed by atoms with Crippen LogP contribution < -0.4 is 5.32 Å². The Labute approximate surface area is 141 Å². The highest BCUT2D eigenvalue weighted by Gasteiger charge is 2.30. The number of alkyl halides is 3. The summed E-state index contributed by atoms with van der Waals surface area (Å²) in [6.45, 7) is 1.35. The zero-order chi connectivity index (χ0) is 18.4. The van der Waals surface area contributed by atoms with Crippen molar-refractivity contribution in [2.45, 2.75) is 19.2 Å². The molecule has 0 aliphatic carbocycles. The number of anilines is 1. The minimum Gasteiger partial charge on any atom is -0.465 e. The topological polar surface area (TPSA) is 68.5 Å². The Morgan fingerprint density at radius 1 is 1.20 bits per heavy atom. The van der Waals surface area contributed by atoms with Crippen LogP contribution in [0.3, 0.4) is 0 Å². The number of nitrogens with one attached hydrogen (secondary N) is 1. The number of esters is 1. The maximum atomic E-state index is 12.5. The summed E-state index contributed by atoms with van der Waals surface area (Å²) in [6.07, 6.45) is -1.67. The molecule has 1 amide bonds. The Hall–Kier alpha value is -3.03. The van der Waals surface area contributed by atoms with Crippen molar-refractivity contribution in [1.29, 1.82) is 0 Å². The van der Waals surface area contributed by atoms with Gasteiger partial charge in [-0.3, -0.25) is 4.79 Å². The van der Waals surface area contributed by atoms with Crippen LogP contribution in [0, 0.1) is 0 Å². The number of carbonyl (C=O) groups is 2. The highest BCUT2D eigenvalue weighted by atomic mass is 19.4. The standard InChI is InChI=1S/C17H14F3NO4/c1-11(25-15(22)9-8-14-3-2-10-24-14)16(23)21-13-6-4-12(5-7-13)17(18,19)20/h2-11H,1H3,(H,21,23)/b9-8+. The van der Waals surface area contributed by atoms with Crippen LogP contribution in [0.2, 0.25) is 0 Å². The first kappa shape index (κ1) is 18.3. The van der Waals surface area contributed by atoms with Crippen molar-refractivity contribution in [2.75, 3.05) is 5.32 Å². The molecule has 0 aliphatic heterocycles. The van der Waals surface area contributed by atoms with Crippen LogP contribution in [0.4, 0.5) is 18.9 Å². The largest absolute Gasteiger partial charge is 0.465 e. The van der Waals surface area contributed by atoms with Gasteiger partial charge in [-0.05, 0) is 49.4 Å². The van der Waals surface area contributed by atoms with Gasteiger partial charge >= 0.3 is 12.1 Å². The molecule has 0 spiro atoms. The van der Waals surface area contributed by atoms with E-state index < -0.39 is 29.7 Å². The molecule has 2 aromatic rings. The molecule has 1 N–H and O–H groups in total. The van der Waals surface area contributed by atoms with E-state index in [1.807, 2.05) is 0 Å². The monoisotopic (exact) mass is 353 g/mol. The van der Waals surface area contributed by atoms with Gasteiger partial charge in [-0.25, -0.2) is 4.79 Å². The number of amides is 1. The number of hydrogen-bond donors (Lipinski definition) is 1. The first-order chi connectivity index (χ1) is 11.8. The third-order valence-corrected chi connectivity index (χ3v) is 3.07. The van der Waals surface area contributed by atoms with Crippen molar-refractivity contribution < 1.29 is 31.9 Å². The van der Waals surface area contributed by atoms with Crippen molar-refractivity contribution in [2.24, 2.45) is 0 Å². The van der Waals surface area contributed by atoms with Gasteiger partial charge < -0.3 is 14.5 Å². The quantitative estimate of drug-likeness (QED) is 0.654. The van der Waals surface area contributed by atoms with Gasteiger partial charge in [0.05, 0.1) is 11.8 Å². The van der Waals surface area contributed by atoms with Crippen molar-refractivity contribution in [1.82, 2.24) is 0 Å². The van der Waals surface area contributed by atoms with Gasteiger partial charge in [0.2, 0.25) is 0 Å². The van der Waals surface area contributed by atoms with E-state index >= 15 is 0 Å². The van der Waals surface area contributed by atoms with E-state index in [1.165, 1.54) is 19.3 Å². The normalized spacial score (nSPS) is 12.8. The van der Waals surface area contributed by atoms with Gasteiger partial charge in [-0.2, -0.15) is 13.2 Å². The lowest BCUT2D eigenvalue weighted by Gasteiger charge is -2.13. The zero-order valence-corrected chi connectivity index (χ0v) is 13.0. The molecular weight excluding hydrogens is 339 g/mol. The van der Waals surface area contributed by atoms with Crippen molar-refractivity contribution in [3.8, 4) is 0 Å². The van der Waals surface area contributed by atoms with Gasteiger partial charge in [0.15, 0.2) is 6.10 Å². The van der Waals surface area contributed by atoms with Crippen LogP contribution in [0.1, 0.15) is 18.2 Å². The van der Waals surface area contributed by atoms with E-state index in [2.05, 4.69) is 5.32 Å². The predicted octanol–water partition coefficient (Wildman–Crippen LogP) is 3.88. The summed E-state index contributed by atoms with van der Waals surface area (Å²) in [6, 6.07) is 7.20. The summed E-state index contributed by atoms with van der Waals surface area (Å²) < 4.78 is 47.3. The van der Waals surface area contributed by atoms with E-state index in [0.29, 0.717) is 5.76 Å². The molecule has 0 radical (unpaired) electrons. The highest BCUT2D eigenvalue weighted by Crippen LogP contribution is 2.29. The van der Waals surface area contributed by atoms with Crippen LogP contribution in [0.5, 0.6) is 0 Å². The number of benzene rings is 1. The van der Waals surface area contributed by atoms with E-state index in [0.717, 1.165) is 30.3 Å². The smallest absolute Gasteiger partial charge is 0.416 e. The summed E-state index contributed by atoms with van der Waals surface area (Å²) >= 11 is 0. The molecule has 0 bridgehead atoms. The second-order valence-electron chi connectivity index (χ2n) is 4.99. The molecule has 25 heavy (non-hydrogen) atoms. The van der Waals surface area contributed by atoms with Gasteiger partial charge in [-0.15, -0.1) is 0 Å². The minimum absolute atomic E-state index is 0.159. The lowest BCUT2D eigenvalue weighted by molar-refractivity contribution is -0.148. The molecule has 2 rings (SSSR count). The number of rotatable bonds is 5. The van der Waals surface area contributed by atoms with E-state index in [-0.39, 0.29) is 5.69 Å². The minimum atomic E-state index is -4.45. The number of ether oxygens (including phenoxy) is 1. The maximum absolute atomic E-state index is 12.5. The SMILES string of the molecule is CC(OC(=O)/C=C/c1ccco1)C(=O)Nc1ccc(C(F)(F)F)cc1. The Bertz CT molecular complexity index is 749. The molecule has 0 saturated heterocycles. The fraction of sp³-hybridized carbons (Fsp3) is 0.176. The summed E-state index contributed by atoms with van der Waals surface area (Å²) in [5.74, 6) is -0.982. The average Bonchev–Trinajstić information content (AvgIpc) is 3.06. The van der Waals surface area contributed by atoms with E-state index in [9.17, 15) is 22.8 Å². The second-order valence-corrected chi connectivity index (χ2v) is 4.99. The lowest BCUT2D eigenvalue weighted by Crippen LogP contribution is -2.29. The summed E-state index contributed by atoms with van der Waals surface area (Å²) in [4.78, 5) is 23.5. The Balaban J connectivity index is 1.88. The third-order valence-electron chi connectivity index (χ3n) is 3.07. The van der Waals surface area contributed by atoms with Crippen molar-refractivity contribution in [3.63, 3.8) is 0 Å². The summed E-state index contributed by atoms with van der Waals surface area (Å²) in [5, 5.41) is 2.37. The molecule has 8 heteroatoms. The van der Waals surface area contributed by atoms with E-state index in [1.54, 1.807) is 12.1 Å². The first-order valence-electron chi connectivity index (χ1n) is 7.16. The van der Waals surface area contributed by atoms with Crippen LogP contribution in [-0.4, -0.2) is 18.0 Å². The number of halogens is 3. The Morgan fingerprint density at radius 3 is 2.44 bits per heavy atom. The van der Waals surface area contributed by atoms with Crippen LogP contribution in [-0.2, 0) is 20.5 Å². The molecule has 0 saturated carbocycles. The molecule has 0 aliphatic rings. The molecule has 132 valence electrons. The first-order valence-corrected chi connectivity index (χ1v) is 7.16. The molecule has 1 aromatic carbocycles. The number of hydrogen-bond acceptors (Lipinski definition) is 4. The van der Waals surface area contributed by atoms with E-state index in [4.69, 9.17) is 9.15 Å². The van der Waals surface area contributed by atoms with Crippen LogP contribution in [0.25, 0.3) is 6.08 Å². The molecular formula is C17H14F3NO4. The Kier molecular flexibility index (Phi) is 5.63. The summed E-state index contributed by atoms with van der Waals surface area (Å²) in [5.41, 5.74) is -0.667. The molecule has 1 atom stereocenters. The third kappa shape index (κ3) is 5.52. The Morgan fingerprint density at radius 2 is 1.88 bits per heavy atom. The molecule has 1 unspecified atom stereocenters. The van der Waals surface area contributed by atoms with Crippen LogP contribution in [0.15, 0.2) is 53.2 Å². The zero-order valence-electron chi connectivity index (χ0n) is 13.0. The summed E-state index contributed by atoms with van der Waals surface area (Å²) in [7, 11) is 0.